The van der Waals surface area contributed by atoms with Gasteiger partial charge in [0.15, 0.2) is 0 Å². The molecule has 0 aliphatic rings. The molecule has 0 saturated carbocycles. The molecule has 0 atom stereocenters. The molecule has 60 valence electrons. The number of rotatable bonds is 1. The molecule has 11 heavy (non-hydrogen) atoms. The summed E-state index contributed by atoms with van der Waals surface area (Å²) < 4.78 is 0. The minimum atomic E-state index is -0.769. The van der Waals surface area contributed by atoms with Crippen LogP contribution in [0.2, 0.25) is 13.1 Å². The zero-order valence-electron chi connectivity index (χ0n) is 6.83. The Morgan fingerprint density at radius 1 is 1.36 bits per heavy atom. The average molecular weight is 167 g/mol. The van der Waals surface area contributed by atoms with Crippen LogP contribution < -0.4 is 10.9 Å². The molecule has 3 heteroatoms. The van der Waals surface area contributed by atoms with Crippen LogP contribution in [0.4, 0.5) is 5.69 Å². The smallest absolute Gasteiger partial charge is 0.138 e. The summed E-state index contributed by atoms with van der Waals surface area (Å²) in [5, 5.41) is 10.4. The molecule has 0 heterocycles. The topological polar surface area (TPSA) is 46.2 Å². The van der Waals surface area contributed by atoms with Crippen molar-refractivity contribution in [2.45, 2.75) is 13.1 Å². The molecule has 1 rings (SSSR count). The molecule has 1 aromatic carbocycles. The number of hydrogen-bond donors (Lipinski definition) is 2. The lowest BCUT2D eigenvalue weighted by atomic mass is 10.3. The summed E-state index contributed by atoms with van der Waals surface area (Å²) in [5.74, 6) is 0.184. The van der Waals surface area contributed by atoms with Crippen molar-refractivity contribution in [3.63, 3.8) is 0 Å². The number of aromatic hydroxyl groups is 1. The third-order valence-electron chi connectivity index (χ3n) is 1.72. The lowest BCUT2D eigenvalue weighted by Crippen LogP contribution is -2.22. The maximum Gasteiger partial charge on any atom is 0.138 e. The fraction of sp³-hybridized carbons (Fsp3) is 0.250. The molecular weight excluding hydrogens is 154 g/mol. The molecule has 0 aromatic heterocycles. The molecule has 0 radical (unpaired) electrons. The van der Waals surface area contributed by atoms with Gasteiger partial charge in [-0.05, 0) is 12.1 Å². The van der Waals surface area contributed by atoms with Crippen LogP contribution in [0.3, 0.4) is 0 Å². The molecular formula is C8H13NOSi. The molecule has 0 bridgehead atoms. The quantitative estimate of drug-likeness (QED) is 0.367. The summed E-state index contributed by atoms with van der Waals surface area (Å²) in [5.41, 5.74) is 6.02. The van der Waals surface area contributed by atoms with E-state index in [-0.39, 0.29) is 5.75 Å². The van der Waals surface area contributed by atoms with Gasteiger partial charge in [0.25, 0.3) is 0 Å². The molecule has 0 aliphatic carbocycles. The normalized spacial score (nSPS) is 10.5. The highest BCUT2D eigenvalue weighted by Crippen LogP contribution is 2.16. The van der Waals surface area contributed by atoms with Gasteiger partial charge in [-0.1, -0.05) is 24.3 Å². The van der Waals surface area contributed by atoms with Crippen LogP contribution in [-0.2, 0) is 0 Å². The van der Waals surface area contributed by atoms with Crippen molar-refractivity contribution in [1.29, 1.82) is 0 Å². The van der Waals surface area contributed by atoms with Gasteiger partial charge in [0.05, 0.1) is 14.5 Å². The van der Waals surface area contributed by atoms with E-state index >= 15 is 0 Å². The van der Waals surface area contributed by atoms with Gasteiger partial charge in [-0.2, -0.15) is 0 Å². The van der Waals surface area contributed by atoms with Crippen molar-refractivity contribution in [3.05, 3.63) is 18.2 Å². The van der Waals surface area contributed by atoms with Crippen LogP contribution in [0.5, 0.6) is 5.75 Å². The maximum atomic E-state index is 9.12. The monoisotopic (exact) mass is 167 g/mol. The number of hydrogen-bond acceptors (Lipinski definition) is 2. The van der Waals surface area contributed by atoms with E-state index in [9.17, 15) is 0 Å². The fourth-order valence-corrected chi connectivity index (χ4v) is 1.93. The molecule has 0 amide bonds. The van der Waals surface area contributed by atoms with Crippen LogP contribution in [-0.4, -0.2) is 13.9 Å². The molecule has 2 nitrogen and oxygen atoms in total. The molecule has 0 unspecified atom stereocenters. The molecule has 0 saturated heterocycles. The van der Waals surface area contributed by atoms with Crippen LogP contribution in [0.25, 0.3) is 0 Å². The maximum absolute atomic E-state index is 9.12. The molecule has 0 aliphatic heterocycles. The Bertz CT molecular complexity index is 260. The summed E-state index contributed by atoms with van der Waals surface area (Å²) in [6.45, 7) is 4.46. The lowest BCUT2D eigenvalue weighted by molar-refractivity contribution is 0.478. The first-order chi connectivity index (χ1) is 5.11. The third kappa shape index (κ3) is 1.74. The molecule has 0 fully saturated rings. The van der Waals surface area contributed by atoms with Crippen molar-refractivity contribution in [3.8, 4) is 5.75 Å². The average Bonchev–Trinajstić information content (AvgIpc) is 1.94. The van der Waals surface area contributed by atoms with E-state index in [0.717, 1.165) is 0 Å². The summed E-state index contributed by atoms with van der Waals surface area (Å²) in [4.78, 5) is 0. The lowest BCUT2D eigenvalue weighted by Gasteiger charge is -2.05. The van der Waals surface area contributed by atoms with Crippen molar-refractivity contribution >= 4 is 19.7 Å². The number of phenols is 1. The van der Waals surface area contributed by atoms with E-state index in [4.69, 9.17) is 10.8 Å². The predicted octanol–water partition coefficient (Wildman–Crippen LogP) is 0.668. The van der Waals surface area contributed by atoms with Crippen LogP contribution in [0.15, 0.2) is 18.2 Å². The summed E-state index contributed by atoms with van der Waals surface area (Å²) in [6.07, 6.45) is 0. The van der Waals surface area contributed by atoms with Crippen LogP contribution in [0.1, 0.15) is 0 Å². The van der Waals surface area contributed by atoms with Crippen LogP contribution in [0, 0.1) is 0 Å². The Morgan fingerprint density at radius 3 is 2.45 bits per heavy atom. The Labute approximate surface area is 68.3 Å². The van der Waals surface area contributed by atoms with E-state index in [1.54, 1.807) is 6.07 Å². The van der Waals surface area contributed by atoms with E-state index in [0.29, 0.717) is 5.69 Å². The van der Waals surface area contributed by atoms with Gasteiger partial charge in [-0.15, -0.1) is 0 Å². The number of anilines is 1. The second kappa shape index (κ2) is 2.96. The highest BCUT2D eigenvalue weighted by Gasteiger charge is 2.02. The highest BCUT2D eigenvalue weighted by atomic mass is 28.3. The first kappa shape index (κ1) is 8.14. The van der Waals surface area contributed by atoms with Gasteiger partial charge >= 0.3 is 0 Å². The zero-order valence-corrected chi connectivity index (χ0v) is 7.99. The standard InChI is InChI=1S/C8H13NOSi/c1-11(2)6-3-4-8(10)7(9)5-6/h3-5,10-11H,9H2,1-2H3. The first-order valence-electron chi connectivity index (χ1n) is 3.69. The highest BCUT2D eigenvalue weighted by molar-refractivity contribution is 6.70. The SMILES string of the molecule is C[SiH](C)c1ccc(O)c(N)c1. The number of nitrogen functional groups attached to an aromatic ring is 1. The minimum absolute atomic E-state index is 0.184. The molecule has 0 spiro atoms. The Balaban J connectivity index is 3.05. The number of phenolic OH excluding ortho intramolecular Hbond substituents is 1. The Morgan fingerprint density at radius 2 is 2.00 bits per heavy atom. The van der Waals surface area contributed by atoms with E-state index < -0.39 is 8.80 Å². The summed E-state index contributed by atoms with van der Waals surface area (Å²) in [6, 6.07) is 5.48. The van der Waals surface area contributed by atoms with Crippen molar-refractivity contribution in [1.82, 2.24) is 0 Å². The third-order valence-corrected chi connectivity index (χ3v) is 3.41. The van der Waals surface area contributed by atoms with Gasteiger partial charge in [0.2, 0.25) is 0 Å². The Kier molecular flexibility index (Phi) is 2.19. The van der Waals surface area contributed by atoms with Crippen molar-refractivity contribution < 1.29 is 5.11 Å². The van der Waals surface area contributed by atoms with Crippen LogP contribution >= 0.6 is 0 Å². The van der Waals surface area contributed by atoms with Gasteiger partial charge in [-0.25, -0.2) is 0 Å². The zero-order chi connectivity index (χ0) is 8.43. The van der Waals surface area contributed by atoms with Gasteiger partial charge in [0.1, 0.15) is 5.75 Å². The summed E-state index contributed by atoms with van der Waals surface area (Å²) >= 11 is 0. The fourth-order valence-electron chi connectivity index (χ4n) is 0.932. The summed E-state index contributed by atoms with van der Waals surface area (Å²) in [7, 11) is -0.769. The van der Waals surface area contributed by atoms with Gasteiger partial charge < -0.3 is 10.8 Å². The minimum Gasteiger partial charge on any atom is -0.506 e. The van der Waals surface area contributed by atoms with Crippen molar-refractivity contribution in [2.75, 3.05) is 5.73 Å². The van der Waals surface area contributed by atoms with Crippen molar-refractivity contribution in [2.24, 2.45) is 0 Å². The molecule has 1 aromatic rings. The van der Waals surface area contributed by atoms with E-state index in [1.807, 2.05) is 12.1 Å². The van der Waals surface area contributed by atoms with E-state index in [2.05, 4.69) is 13.1 Å². The first-order valence-corrected chi connectivity index (χ1v) is 6.58. The Hall–Kier alpha value is -0.963. The van der Waals surface area contributed by atoms with Gasteiger partial charge in [0, 0.05) is 0 Å². The second-order valence-electron chi connectivity index (χ2n) is 2.97. The van der Waals surface area contributed by atoms with Gasteiger partial charge in [-0.3, -0.25) is 0 Å². The predicted molar refractivity (Wildman–Crippen MR) is 51.0 cm³/mol. The largest absolute Gasteiger partial charge is 0.506 e. The molecule has 3 N–H and O–H groups in total. The number of benzene rings is 1. The van der Waals surface area contributed by atoms with E-state index in [1.165, 1.54) is 5.19 Å². The number of nitrogens with two attached hydrogens (primary N) is 1. The second-order valence-corrected chi connectivity index (χ2v) is 5.95.